The number of aliphatic hydroxyl groups excluding tert-OH is 2. The summed E-state index contributed by atoms with van der Waals surface area (Å²) in [5.74, 6) is 0. The molecule has 0 aromatic heterocycles. The van der Waals surface area contributed by atoms with Crippen LogP contribution in [0.3, 0.4) is 0 Å². The van der Waals surface area contributed by atoms with Crippen molar-refractivity contribution in [2.24, 2.45) is 0 Å². The third-order valence-electron chi connectivity index (χ3n) is 2.30. The molecule has 1 atom stereocenters. The van der Waals surface area contributed by atoms with Crippen LogP contribution in [0.5, 0.6) is 0 Å². The summed E-state index contributed by atoms with van der Waals surface area (Å²) < 4.78 is 37.4. The molecule has 0 aliphatic heterocycles. The Morgan fingerprint density at radius 1 is 1.24 bits per heavy atom. The fourth-order valence-electron chi connectivity index (χ4n) is 1.46. The molecule has 0 spiro atoms. The van der Waals surface area contributed by atoms with E-state index in [2.05, 4.69) is 5.32 Å². The Morgan fingerprint density at radius 3 is 2.47 bits per heavy atom. The normalized spacial score (nSPS) is 13.7. The van der Waals surface area contributed by atoms with Crippen LogP contribution in [0, 0.1) is 0 Å². The molecular formula is C11H14F3NO2. The van der Waals surface area contributed by atoms with Gasteiger partial charge < -0.3 is 15.5 Å². The van der Waals surface area contributed by atoms with Crippen molar-refractivity contribution in [3.05, 3.63) is 35.4 Å². The average molecular weight is 249 g/mol. The van der Waals surface area contributed by atoms with Crippen LogP contribution >= 0.6 is 0 Å². The smallest absolute Gasteiger partial charge is 0.395 e. The second-order valence-corrected chi connectivity index (χ2v) is 3.54. The lowest BCUT2D eigenvalue weighted by Crippen LogP contribution is -2.27. The molecule has 96 valence electrons. The first kappa shape index (κ1) is 14.0. The molecule has 0 saturated heterocycles. The zero-order valence-corrected chi connectivity index (χ0v) is 9.04. The minimum Gasteiger partial charge on any atom is -0.395 e. The molecule has 17 heavy (non-hydrogen) atoms. The van der Waals surface area contributed by atoms with E-state index in [0.717, 1.165) is 12.1 Å². The predicted molar refractivity (Wildman–Crippen MR) is 56.4 cm³/mol. The molecule has 0 fully saturated rings. The number of nitrogens with one attached hydrogen (secondary N) is 1. The van der Waals surface area contributed by atoms with Gasteiger partial charge in [-0.3, -0.25) is 0 Å². The second-order valence-electron chi connectivity index (χ2n) is 3.54. The molecule has 6 heteroatoms. The number of alkyl halides is 3. The van der Waals surface area contributed by atoms with Crippen LogP contribution in [0.25, 0.3) is 0 Å². The molecule has 0 aliphatic carbocycles. The first-order valence-corrected chi connectivity index (χ1v) is 5.11. The lowest BCUT2D eigenvalue weighted by atomic mass is 10.0. The van der Waals surface area contributed by atoms with E-state index in [1.54, 1.807) is 0 Å². The Kier molecular flexibility index (Phi) is 4.92. The summed E-state index contributed by atoms with van der Waals surface area (Å²) in [6.45, 7) is -0.266. The van der Waals surface area contributed by atoms with Gasteiger partial charge in [-0.1, -0.05) is 12.1 Å². The van der Waals surface area contributed by atoms with Gasteiger partial charge in [-0.25, -0.2) is 0 Å². The van der Waals surface area contributed by atoms with Crippen molar-refractivity contribution in [1.82, 2.24) is 5.32 Å². The fraction of sp³-hybridized carbons (Fsp3) is 0.455. The van der Waals surface area contributed by atoms with Crippen LogP contribution < -0.4 is 5.32 Å². The van der Waals surface area contributed by atoms with Crippen LogP contribution in [0.2, 0.25) is 0 Å². The van der Waals surface area contributed by atoms with Crippen molar-refractivity contribution >= 4 is 0 Å². The summed E-state index contributed by atoms with van der Waals surface area (Å²) in [5, 5.41) is 20.4. The van der Waals surface area contributed by atoms with Crippen LogP contribution in [0.1, 0.15) is 17.2 Å². The number of hydrogen-bond donors (Lipinski definition) is 3. The summed E-state index contributed by atoms with van der Waals surface area (Å²) in [6, 6.07) is 4.15. The first-order chi connectivity index (χ1) is 7.99. The Balaban J connectivity index is 2.89. The molecule has 0 amide bonds. The SMILES string of the molecule is OCCNC(CO)c1cccc(C(F)(F)F)c1. The summed E-state index contributed by atoms with van der Waals surface area (Å²) >= 11 is 0. The molecule has 1 aromatic carbocycles. The van der Waals surface area contributed by atoms with Gasteiger partial charge in [0.05, 0.1) is 24.8 Å². The van der Waals surface area contributed by atoms with Gasteiger partial charge >= 0.3 is 6.18 Å². The van der Waals surface area contributed by atoms with Crippen molar-refractivity contribution in [1.29, 1.82) is 0 Å². The van der Waals surface area contributed by atoms with E-state index in [9.17, 15) is 13.2 Å². The van der Waals surface area contributed by atoms with E-state index in [-0.39, 0.29) is 19.8 Å². The van der Waals surface area contributed by atoms with Gasteiger partial charge in [-0.05, 0) is 17.7 Å². The highest BCUT2D eigenvalue weighted by molar-refractivity contribution is 5.28. The quantitative estimate of drug-likeness (QED) is 0.737. The van der Waals surface area contributed by atoms with Crippen molar-refractivity contribution in [3.8, 4) is 0 Å². The van der Waals surface area contributed by atoms with Gasteiger partial charge in [0.25, 0.3) is 0 Å². The van der Waals surface area contributed by atoms with Gasteiger partial charge in [-0.15, -0.1) is 0 Å². The Morgan fingerprint density at radius 2 is 1.94 bits per heavy atom. The Hall–Kier alpha value is -1.11. The number of hydrogen-bond acceptors (Lipinski definition) is 3. The van der Waals surface area contributed by atoms with E-state index in [0.29, 0.717) is 5.56 Å². The average Bonchev–Trinajstić information content (AvgIpc) is 2.29. The second kappa shape index (κ2) is 6.00. The number of aliphatic hydroxyl groups is 2. The molecule has 0 heterocycles. The summed E-state index contributed by atoms with van der Waals surface area (Å²) in [7, 11) is 0. The maximum absolute atomic E-state index is 12.5. The molecule has 1 aromatic rings. The third-order valence-corrected chi connectivity index (χ3v) is 2.30. The highest BCUT2D eigenvalue weighted by Gasteiger charge is 2.30. The van der Waals surface area contributed by atoms with Gasteiger partial charge in [-0.2, -0.15) is 13.2 Å². The highest BCUT2D eigenvalue weighted by atomic mass is 19.4. The van der Waals surface area contributed by atoms with Gasteiger partial charge in [0.2, 0.25) is 0 Å². The Bertz CT molecular complexity index is 355. The molecule has 0 radical (unpaired) electrons. The standard InChI is InChI=1S/C11H14F3NO2/c12-11(13,14)9-3-1-2-8(6-9)10(7-17)15-4-5-16/h1-3,6,10,15-17H,4-5,7H2. The molecule has 1 rings (SSSR count). The predicted octanol–water partition coefficient (Wildman–Crippen LogP) is 1.32. The topological polar surface area (TPSA) is 52.5 Å². The van der Waals surface area contributed by atoms with Crippen LogP contribution in [0.4, 0.5) is 13.2 Å². The molecule has 0 bridgehead atoms. The number of rotatable bonds is 5. The van der Waals surface area contributed by atoms with Crippen LogP contribution in [0.15, 0.2) is 24.3 Å². The van der Waals surface area contributed by atoms with E-state index < -0.39 is 17.8 Å². The van der Waals surface area contributed by atoms with Gasteiger partial charge in [0.1, 0.15) is 0 Å². The summed E-state index contributed by atoms with van der Waals surface area (Å²) in [6.07, 6.45) is -4.40. The van der Waals surface area contributed by atoms with E-state index >= 15 is 0 Å². The maximum atomic E-state index is 12.5. The zero-order chi connectivity index (χ0) is 12.9. The molecular weight excluding hydrogens is 235 g/mol. The zero-order valence-electron chi connectivity index (χ0n) is 9.04. The fourth-order valence-corrected chi connectivity index (χ4v) is 1.46. The maximum Gasteiger partial charge on any atom is 0.416 e. The summed E-state index contributed by atoms with van der Waals surface area (Å²) in [5.41, 5.74) is -0.407. The van der Waals surface area contributed by atoms with Gasteiger partial charge in [0.15, 0.2) is 0 Å². The van der Waals surface area contributed by atoms with Crippen LogP contribution in [-0.4, -0.2) is 30.0 Å². The van der Waals surface area contributed by atoms with Crippen molar-refractivity contribution in [2.45, 2.75) is 12.2 Å². The third kappa shape index (κ3) is 3.99. The van der Waals surface area contributed by atoms with E-state index in [1.165, 1.54) is 12.1 Å². The largest absolute Gasteiger partial charge is 0.416 e. The van der Waals surface area contributed by atoms with Crippen molar-refractivity contribution in [3.63, 3.8) is 0 Å². The Labute approximate surface area is 96.9 Å². The summed E-state index contributed by atoms with van der Waals surface area (Å²) in [4.78, 5) is 0. The molecule has 3 N–H and O–H groups in total. The molecule has 0 saturated carbocycles. The number of benzene rings is 1. The monoisotopic (exact) mass is 249 g/mol. The minimum absolute atomic E-state index is 0.143. The van der Waals surface area contributed by atoms with Crippen LogP contribution in [-0.2, 0) is 6.18 Å². The highest BCUT2D eigenvalue weighted by Crippen LogP contribution is 2.30. The van der Waals surface area contributed by atoms with Crippen molar-refractivity contribution < 1.29 is 23.4 Å². The lowest BCUT2D eigenvalue weighted by molar-refractivity contribution is -0.137. The van der Waals surface area contributed by atoms with Crippen molar-refractivity contribution in [2.75, 3.05) is 19.8 Å². The van der Waals surface area contributed by atoms with Gasteiger partial charge in [0, 0.05) is 6.54 Å². The number of halogens is 3. The molecule has 1 unspecified atom stereocenters. The van der Waals surface area contributed by atoms with E-state index in [1.807, 2.05) is 0 Å². The first-order valence-electron chi connectivity index (χ1n) is 5.11. The van der Waals surface area contributed by atoms with E-state index in [4.69, 9.17) is 10.2 Å². The molecule has 0 aliphatic rings. The lowest BCUT2D eigenvalue weighted by Gasteiger charge is -2.17. The molecule has 3 nitrogen and oxygen atoms in total. The minimum atomic E-state index is -4.40.